The lowest BCUT2D eigenvalue weighted by atomic mass is 10.0. The summed E-state index contributed by atoms with van der Waals surface area (Å²) in [6.45, 7) is 9.07. The van der Waals surface area contributed by atoms with Crippen molar-refractivity contribution < 1.29 is 14.3 Å². The predicted molar refractivity (Wildman–Crippen MR) is 110 cm³/mol. The first-order valence-corrected chi connectivity index (χ1v) is 10.00. The standard InChI is InChI=1S/C24H32O3/c1-5-6-7-8-19(3)17-26-23-15-13-22(14-16-23)24(25)27-20(4)21-11-9-18(2)10-12-21/h9-16,19-20H,5-8,17H2,1-4H3. The summed E-state index contributed by atoms with van der Waals surface area (Å²) in [5.41, 5.74) is 2.72. The van der Waals surface area contributed by atoms with E-state index in [1.54, 1.807) is 12.1 Å². The number of hydrogen-bond donors (Lipinski definition) is 0. The van der Waals surface area contributed by atoms with Gasteiger partial charge in [0.25, 0.3) is 0 Å². The van der Waals surface area contributed by atoms with Crippen LogP contribution in [0.3, 0.4) is 0 Å². The molecule has 146 valence electrons. The zero-order valence-electron chi connectivity index (χ0n) is 17.0. The van der Waals surface area contributed by atoms with Crippen molar-refractivity contribution in [2.24, 2.45) is 5.92 Å². The van der Waals surface area contributed by atoms with Crippen LogP contribution in [-0.2, 0) is 4.74 Å². The minimum Gasteiger partial charge on any atom is -0.493 e. The fourth-order valence-electron chi connectivity index (χ4n) is 2.89. The molecule has 0 spiro atoms. The summed E-state index contributed by atoms with van der Waals surface area (Å²) in [7, 11) is 0. The summed E-state index contributed by atoms with van der Waals surface area (Å²) in [5, 5.41) is 0. The van der Waals surface area contributed by atoms with Crippen LogP contribution < -0.4 is 4.74 Å². The third-order valence-corrected chi connectivity index (χ3v) is 4.76. The van der Waals surface area contributed by atoms with Crippen LogP contribution in [0.15, 0.2) is 48.5 Å². The molecule has 2 atom stereocenters. The van der Waals surface area contributed by atoms with E-state index in [1.165, 1.54) is 31.2 Å². The van der Waals surface area contributed by atoms with E-state index in [0.717, 1.165) is 11.3 Å². The van der Waals surface area contributed by atoms with Crippen LogP contribution in [-0.4, -0.2) is 12.6 Å². The summed E-state index contributed by atoms with van der Waals surface area (Å²) >= 11 is 0. The zero-order valence-corrected chi connectivity index (χ0v) is 17.0. The molecule has 27 heavy (non-hydrogen) atoms. The molecular formula is C24H32O3. The number of carbonyl (C=O) groups excluding carboxylic acids is 1. The van der Waals surface area contributed by atoms with Gasteiger partial charge in [-0.15, -0.1) is 0 Å². The normalized spacial score (nSPS) is 13.0. The molecule has 2 aromatic carbocycles. The van der Waals surface area contributed by atoms with Gasteiger partial charge in [-0.2, -0.15) is 0 Å². The average molecular weight is 369 g/mol. The Balaban J connectivity index is 1.83. The first-order chi connectivity index (χ1) is 13.0. The lowest BCUT2D eigenvalue weighted by Crippen LogP contribution is -2.10. The van der Waals surface area contributed by atoms with Crippen molar-refractivity contribution in [2.75, 3.05) is 6.61 Å². The molecule has 0 saturated heterocycles. The Kier molecular flexibility index (Phi) is 8.38. The van der Waals surface area contributed by atoms with Crippen LogP contribution in [0, 0.1) is 12.8 Å². The van der Waals surface area contributed by atoms with E-state index in [-0.39, 0.29) is 12.1 Å². The molecule has 2 aromatic rings. The Morgan fingerprint density at radius 3 is 2.26 bits per heavy atom. The molecule has 0 radical (unpaired) electrons. The largest absolute Gasteiger partial charge is 0.493 e. The summed E-state index contributed by atoms with van der Waals surface area (Å²) in [4.78, 5) is 12.4. The van der Waals surface area contributed by atoms with Crippen molar-refractivity contribution in [1.82, 2.24) is 0 Å². The third kappa shape index (κ3) is 7.09. The molecule has 0 aromatic heterocycles. The average Bonchev–Trinajstić information content (AvgIpc) is 2.67. The number of hydrogen-bond acceptors (Lipinski definition) is 3. The number of benzene rings is 2. The highest BCUT2D eigenvalue weighted by Gasteiger charge is 2.14. The van der Waals surface area contributed by atoms with Gasteiger partial charge >= 0.3 is 5.97 Å². The minimum atomic E-state index is -0.317. The van der Waals surface area contributed by atoms with Gasteiger partial charge in [0.2, 0.25) is 0 Å². The zero-order chi connectivity index (χ0) is 19.6. The van der Waals surface area contributed by atoms with Gasteiger partial charge in [-0.05, 0) is 56.0 Å². The van der Waals surface area contributed by atoms with Gasteiger partial charge in [-0.25, -0.2) is 4.79 Å². The summed E-state index contributed by atoms with van der Waals surface area (Å²) in [6.07, 6.45) is 4.69. The van der Waals surface area contributed by atoms with Crippen LogP contribution in [0.2, 0.25) is 0 Å². The van der Waals surface area contributed by atoms with E-state index in [2.05, 4.69) is 13.8 Å². The van der Waals surface area contributed by atoms with E-state index in [9.17, 15) is 4.79 Å². The first-order valence-electron chi connectivity index (χ1n) is 10.00. The maximum atomic E-state index is 12.4. The molecule has 0 amide bonds. The molecule has 0 aliphatic heterocycles. The van der Waals surface area contributed by atoms with E-state index in [0.29, 0.717) is 18.1 Å². The smallest absolute Gasteiger partial charge is 0.338 e. The molecule has 0 aliphatic rings. The van der Waals surface area contributed by atoms with Crippen LogP contribution in [0.1, 0.15) is 74.0 Å². The van der Waals surface area contributed by atoms with Crippen LogP contribution in [0.25, 0.3) is 0 Å². The molecule has 3 nitrogen and oxygen atoms in total. The highest BCUT2D eigenvalue weighted by atomic mass is 16.5. The first kappa shape index (κ1) is 21.0. The fraction of sp³-hybridized carbons (Fsp3) is 0.458. The second-order valence-electron chi connectivity index (χ2n) is 7.39. The highest BCUT2D eigenvalue weighted by molar-refractivity contribution is 5.89. The van der Waals surface area contributed by atoms with Crippen molar-refractivity contribution in [2.45, 2.75) is 59.5 Å². The molecule has 2 unspecified atom stereocenters. The molecule has 2 rings (SSSR count). The van der Waals surface area contributed by atoms with Crippen LogP contribution in [0.4, 0.5) is 0 Å². The van der Waals surface area contributed by atoms with E-state index >= 15 is 0 Å². The Morgan fingerprint density at radius 2 is 1.63 bits per heavy atom. The number of unbranched alkanes of at least 4 members (excludes halogenated alkanes) is 2. The quantitative estimate of drug-likeness (QED) is 0.354. The maximum absolute atomic E-state index is 12.4. The van der Waals surface area contributed by atoms with Gasteiger partial charge in [0, 0.05) is 0 Å². The molecular weight excluding hydrogens is 336 g/mol. The van der Waals surface area contributed by atoms with Gasteiger partial charge in [0.15, 0.2) is 0 Å². The third-order valence-electron chi connectivity index (χ3n) is 4.76. The Bertz CT molecular complexity index is 689. The van der Waals surface area contributed by atoms with Crippen molar-refractivity contribution in [3.8, 4) is 5.75 Å². The lowest BCUT2D eigenvalue weighted by Gasteiger charge is -2.15. The Hall–Kier alpha value is -2.29. The second-order valence-corrected chi connectivity index (χ2v) is 7.39. The van der Waals surface area contributed by atoms with Gasteiger partial charge in [-0.1, -0.05) is 62.9 Å². The molecule has 3 heteroatoms. The molecule has 0 saturated carbocycles. The molecule has 0 bridgehead atoms. The number of carbonyl (C=O) groups is 1. The van der Waals surface area contributed by atoms with Crippen molar-refractivity contribution in [1.29, 1.82) is 0 Å². The number of esters is 1. The molecule has 0 heterocycles. The van der Waals surface area contributed by atoms with Gasteiger partial charge < -0.3 is 9.47 Å². The molecule has 0 N–H and O–H groups in total. The van der Waals surface area contributed by atoms with Gasteiger partial charge in [0.05, 0.1) is 12.2 Å². The van der Waals surface area contributed by atoms with Crippen molar-refractivity contribution >= 4 is 5.97 Å². The van der Waals surface area contributed by atoms with E-state index < -0.39 is 0 Å². The molecule has 0 aliphatic carbocycles. The fourth-order valence-corrected chi connectivity index (χ4v) is 2.89. The van der Waals surface area contributed by atoms with E-state index in [1.807, 2.05) is 50.2 Å². The summed E-state index contributed by atoms with van der Waals surface area (Å²) in [6, 6.07) is 15.2. The summed E-state index contributed by atoms with van der Waals surface area (Å²) in [5.74, 6) is 1.01. The number of ether oxygens (including phenoxy) is 2. The SMILES string of the molecule is CCCCCC(C)COc1ccc(C(=O)OC(C)c2ccc(C)cc2)cc1. The van der Waals surface area contributed by atoms with Gasteiger partial charge in [-0.3, -0.25) is 0 Å². The second kappa shape index (κ2) is 10.8. The summed E-state index contributed by atoms with van der Waals surface area (Å²) < 4.78 is 11.4. The van der Waals surface area contributed by atoms with Crippen molar-refractivity contribution in [3.05, 3.63) is 65.2 Å². The van der Waals surface area contributed by atoms with Crippen LogP contribution in [0.5, 0.6) is 5.75 Å². The number of aryl methyl sites for hydroxylation is 1. The van der Waals surface area contributed by atoms with Crippen LogP contribution >= 0.6 is 0 Å². The maximum Gasteiger partial charge on any atom is 0.338 e. The number of rotatable bonds is 10. The molecule has 0 fully saturated rings. The van der Waals surface area contributed by atoms with E-state index in [4.69, 9.17) is 9.47 Å². The Labute approximate surface area is 163 Å². The Morgan fingerprint density at radius 1 is 0.963 bits per heavy atom. The highest BCUT2D eigenvalue weighted by Crippen LogP contribution is 2.21. The predicted octanol–water partition coefficient (Wildman–Crippen LogP) is 6.51. The lowest BCUT2D eigenvalue weighted by molar-refractivity contribution is 0.0338. The van der Waals surface area contributed by atoms with Gasteiger partial charge in [0.1, 0.15) is 11.9 Å². The monoisotopic (exact) mass is 368 g/mol. The topological polar surface area (TPSA) is 35.5 Å². The van der Waals surface area contributed by atoms with Crippen molar-refractivity contribution in [3.63, 3.8) is 0 Å². The minimum absolute atomic E-state index is 0.280.